The van der Waals surface area contributed by atoms with Crippen LogP contribution in [0.15, 0.2) is 41.5 Å². The Labute approximate surface area is 141 Å². The highest BCUT2D eigenvalue weighted by molar-refractivity contribution is 5.97. The first-order valence-corrected chi connectivity index (χ1v) is 7.39. The summed E-state index contributed by atoms with van der Waals surface area (Å²) in [5.41, 5.74) is 6.66. The summed E-state index contributed by atoms with van der Waals surface area (Å²) in [6.45, 7) is -0.102. The molecule has 3 rings (SSSR count). The lowest BCUT2D eigenvalue weighted by atomic mass is 10.1. The average Bonchev–Trinajstić information content (AvgIpc) is 2.60. The van der Waals surface area contributed by atoms with E-state index in [0.717, 1.165) is 0 Å². The SMILES string of the molecule is CNc1cc(F)cc2cc(C(=O)OCc3ccncc3N)c(=O)[nH]c12. The number of carbonyl (C=O) groups is 1. The summed E-state index contributed by atoms with van der Waals surface area (Å²) in [5, 5.41) is 3.17. The molecule has 1 aromatic carbocycles. The normalized spacial score (nSPS) is 10.6. The van der Waals surface area contributed by atoms with Gasteiger partial charge in [-0.1, -0.05) is 0 Å². The second kappa shape index (κ2) is 6.60. The number of benzene rings is 1. The number of nitrogen functional groups attached to an aromatic ring is 1. The molecule has 0 aliphatic carbocycles. The first-order valence-electron chi connectivity index (χ1n) is 7.39. The predicted octanol–water partition coefficient (Wildman–Crippen LogP) is 2.04. The number of hydrogen-bond acceptors (Lipinski definition) is 6. The van der Waals surface area contributed by atoms with Gasteiger partial charge in [0.2, 0.25) is 0 Å². The third-order valence-electron chi connectivity index (χ3n) is 3.71. The van der Waals surface area contributed by atoms with Crippen molar-refractivity contribution in [1.29, 1.82) is 0 Å². The third-order valence-corrected chi connectivity index (χ3v) is 3.71. The number of fused-ring (bicyclic) bond motifs is 1. The summed E-state index contributed by atoms with van der Waals surface area (Å²) in [6.07, 6.45) is 2.96. The van der Waals surface area contributed by atoms with Crippen LogP contribution >= 0.6 is 0 Å². The molecule has 0 radical (unpaired) electrons. The van der Waals surface area contributed by atoms with Crippen molar-refractivity contribution in [2.75, 3.05) is 18.1 Å². The molecule has 0 fully saturated rings. The summed E-state index contributed by atoms with van der Waals surface area (Å²) in [5.74, 6) is -1.32. The van der Waals surface area contributed by atoms with Crippen molar-refractivity contribution in [2.24, 2.45) is 0 Å². The maximum absolute atomic E-state index is 13.7. The summed E-state index contributed by atoms with van der Waals surface area (Å²) in [4.78, 5) is 30.8. The molecule has 0 amide bonds. The molecule has 3 aromatic rings. The Bertz CT molecular complexity index is 1020. The van der Waals surface area contributed by atoms with Crippen LogP contribution in [0.3, 0.4) is 0 Å². The number of nitrogens with zero attached hydrogens (tertiary/aromatic N) is 1. The molecule has 2 heterocycles. The lowest BCUT2D eigenvalue weighted by molar-refractivity contribution is 0.0471. The maximum Gasteiger partial charge on any atom is 0.344 e. The lowest BCUT2D eigenvalue weighted by Crippen LogP contribution is -2.20. The van der Waals surface area contributed by atoms with Crippen LogP contribution < -0.4 is 16.6 Å². The zero-order valence-corrected chi connectivity index (χ0v) is 13.3. The molecule has 128 valence electrons. The summed E-state index contributed by atoms with van der Waals surface area (Å²) in [6, 6.07) is 5.39. The van der Waals surface area contributed by atoms with Crippen LogP contribution in [0.5, 0.6) is 0 Å². The van der Waals surface area contributed by atoms with Crippen LogP contribution in [-0.4, -0.2) is 23.0 Å². The third kappa shape index (κ3) is 3.27. The van der Waals surface area contributed by atoms with Crippen LogP contribution in [-0.2, 0) is 11.3 Å². The predicted molar refractivity (Wildman–Crippen MR) is 91.8 cm³/mol. The number of anilines is 2. The average molecular weight is 342 g/mol. The van der Waals surface area contributed by atoms with Gasteiger partial charge in [0.25, 0.3) is 5.56 Å². The second-order valence-corrected chi connectivity index (χ2v) is 5.33. The minimum Gasteiger partial charge on any atom is -0.457 e. The second-order valence-electron chi connectivity index (χ2n) is 5.33. The molecule has 0 saturated carbocycles. The number of esters is 1. The van der Waals surface area contributed by atoms with Gasteiger partial charge in [-0.3, -0.25) is 9.78 Å². The molecular formula is C17H15FN4O3. The maximum atomic E-state index is 13.7. The number of ether oxygens (including phenoxy) is 1. The van der Waals surface area contributed by atoms with Crippen LogP contribution in [0.25, 0.3) is 10.9 Å². The van der Waals surface area contributed by atoms with Gasteiger partial charge in [-0.2, -0.15) is 0 Å². The first kappa shape index (κ1) is 16.4. The number of carbonyl (C=O) groups excluding carboxylic acids is 1. The zero-order chi connectivity index (χ0) is 18.0. The van der Waals surface area contributed by atoms with E-state index in [0.29, 0.717) is 27.8 Å². The standard InChI is InChI=1S/C17H15FN4O3/c1-20-14-6-11(18)4-10-5-12(16(23)22-15(10)14)17(24)25-8-9-2-3-21-7-13(9)19/h2-7,20H,8,19H2,1H3,(H,22,23). The quantitative estimate of drug-likeness (QED) is 0.626. The Morgan fingerprint density at radius 3 is 2.92 bits per heavy atom. The molecule has 8 heteroatoms. The fourth-order valence-corrected chi connectivity index (χ4v) is 2.42. The molecule has 2 aromatic heterocycles. The first-order chi connectivity index (χ1) is 12.0. The topological polar surface area (TPSA) is 110 Å². The molecule has 0 unspecified atom stereocenters. The van der Waals surface area contributed by atoms with E-state index in [1.54, 1.807) is 13.1 Å². The molecule has 25 heavy (non-hydrogen) atoms. The Balaban J connectivity index is 1.92. The van der Waals surface area contributed by atoms with Crippen molar-refractivity contribution < 1.29 is 13.9 Å². The molecule has 0 saturated heterocycles. The Morgan fingerprint density at radius 1 is 1.40 bits per heavy atom. The number of hydrogen-bond donors (Lipinski definition) is 3. The Morgan fingerprint density at radius 2 is 2.20 bits per heavy atom. The van der Waals surface area contributed by atoms with E-state index in [1.807, 2.05) is 0 Å². The zero-order valence-electron chi connectivity index (χ0n) is 13.3. The van der Waals surface area contributed by atoms with Gasteiger partial charge >= 0.3 is 5.97 Å². The number of nitrogens with one attached hydrogen (secondary N) is 2. The number of nitrogens with two attached hydrogens (primary N) is 1. The smallest absolute Gasteiger partial charge is 0.344 e. The van der Waals surface area contributed by atoms with Crippen molar-refractivity contribution >= 4 is 28.2 Å². The molecular weight excluding hydrogens is 327 g/mol. The van der Waals surface area contributed by atoms with Gasteiger partial charge in [0.15, 0.2) is 0 Å². The van der Waals surface area contributed by atoms with Crippen molar-refractivity contribution in [3.05, 3.63) is 64.0 Å². The van der Waals surface area contributed by atoms with Crippen molar-refractivity contribution in [3.63, 3.8) is 0 Å². The van der Waals surface area contributed by atoms with E-state index in [2.05, 4.69) is 15.3 Å². The number of aromatic amines is 1. The molecule has 0 spiro atoms. The van der Waals surface area contributed by atoms with Gasteiger partial charge in [0.1, 0.15) is 18.0 Å². The Hall–Kier alpha value is -3.42. The van der Waals surface area contributed by atoms with Crippen LogP contribution in [0.2, 0.25) is 0 Å². The highest BCUT2D eigenvalue weighted by Crippen LogP contribution is 2.22. The molecule has 7 nitrogen and oxygen atoms in total. The number of halogens is 1. The monoisotopic (exact) mass is 342 g/mol. The van der Waals surface area contributed by atoms with Gasteiger partial charge in [0, 0.05) is 24.2 Å². The minimum absolute atomic E-state index is 0.102. The molecule has 0 aliphatic rings. The van der Waals surface area contributed by atoms with Crippen LogP contribution in [0.4, 0.5) is 15.8 Å². The number of pyridine rings is 2. The van der Waals surface area contributed by atoms with E-state index in [1.165, 1.54) is 30.6 Å². The molecule has 4 N–H and O–H groups in total. The van der Waals surface area contributed by atoms with Gasteiger partial charge in [-0.05, 0) is 24.3 Å². The van der Waals surface area contributed by atoms with E-state index < -0.39 is 17.3 Å². The number of H-pyrrole nitrogens is 1. The molecule has 0 bridgehead atoms. The van der Waals surface area contributed by atoms with E-state index in [-0.39, 0.29) is 12.2 Å². The van der Waals surface area contributed by atoms with Crippen molar-refractivity contribution in [3.8, 4) is 0 Å². The summed E-state index contributed by atoms with van der Waals surface area (Å²) < 4.78 is 18.8. The highest BCUT2D eigenvalue weighted by atomic mass is 19.1. The molecule has 0 aliphatic heterocycles. The van der Waals surface area contributed by atoms with Crippen molar-refractivity contribution in [2.45, 2.75) is 6.61 Å². The minimum atomic E-state index is -0.824. The largest absolute Gasteiger partial charge is 0.457 e. The van der Waals surface area contributed by atoms with E-state index in [9.17, 15) is 14.0 Å². The fourth-order valence-electron chi connectivity index (χ4n) is 2.42. The van der Waals surface area contributed by atoms with E-state index >= 15 is 0 Å². The number of aromatic nitrogens is 2. The van der Waals surface area contributed by atoms with Gasteiger partial charge in [-0.25, -0.2) is 9.18 Å². The van der Waals surface area contributed by atoms with Gasteiger partial charge in [0.05, 0.1) is 23.1 Å². The fraction of sp³-hybridized carbons (Fsp3) is 0.118. The van der Waals surface area contributed by atoms with Gasteiger partial charge in [-0.15, -0.1) is 0 Å². The molecule has 0 atom stereocenters. The Kier molecular flexibility index (Phi) is 4.34. The summed E-state index contributed by atoms with van der Waals surface area (Å²) >= 11 is 0. The lowest BCUT2D eigenvalue weighted by Gasteiger charge is -2.09. The van der Waals surface area contributed by atoms with Crippen molar-refractivity contribution in [1.82, 2.24) is 9.97 Å². The van der Waals surface area contributed by atoms with Crippen LogP contribution in [0.1, 0.15) is 15.9 Å². The van der Waals surface area contributed by atoms with E-state index in [4.69, 9.17) is 10.5 Å². The number of rotatable bonds is 4. The summed E-state index contributed by atoms with van der Waals surface area (Å²) in [7, 11) is 1.60. The van der Waals surface area contributed by atoms with Gasteiger partial charge < -0.3 is 20.8 Å². The van der Waals surface area contributed by atoms with Crippen LogP contribution in [0, 0.1) is 5.82 Å². The highest BCUT2D eigenvalue weighted by Gasteiger charge is 2.16.